The van der Waals surface area contributed by atoms with Crippen molar-refractivity contribution in [3.05, 3.63) is 21.9 Å². The van der Waals surface area contributed by atoms with Crippen molar-refractivity contribution in [3.63, 3.8) is 0 Å². The molecular formula is C21H36SSi. The molecule has 0 saturated heterocycles. The van der Waals surface area contributed by atoms with Crippen LogP contribution in [0.15, 0.2) is 12.1 Å². The normalized spacial score (nSPS) is 12.1. The molecule has 1 rings (SSSR count). The Hall–Kier alpha value is -0.523. The van der Waals surface area contributed by atoms with E-state index in [0.717, 1.165) is 0 Å². The van der Waals surface area contributed by atoms with E-state index in [9.17, 15) is 0 Å². The van der Waals surface area contributed by atoms with Gasteiger partial charge in [-0.25, -0.2) is 0 Å². The largest absolute Gasteiger partial charge is 0.146 e. The van der Waals surface area contributed by atoms with Crippen molar-refractivity contribution in [2.45, 2.75) is 97.2 Å². The number of hydrogen-bond donors (Lipinski definition) is 0. The SMILES string of the molecule is CCCCCCc1ccc(C#C[Si](C(C)C)(C(C)C)C(C)C)s1. The van der Waals surface area contributed by atoms with Gasteiger partial charge < -0.3 is 0 Å². The summed E-state index contributed by atoms with van der Waals surface area (Å²) in [5.41, 5.74) is 5.97. The first kappa shape index (κ1) is 20.5. The third-order valence-corrected chi connectivity index (χ3v) is 12.6. The molecule has 0 aliphatic heterocycles. The van der Waals surface area contributed by atoms with Gasteiger partial charge in [-0.3, -0.25) is 0 Å². The van der Waals surface area contributed by atoms with Crippen molar-refractivity contribution >= 4 is 19.4 Å². The van der Waals surface area contributed by atoms with Crippen LogP contribution >= 0.6 is 11.3 Å². The predicted octanol–water partition coefficient (Wildman–Crippen LogP) is 7.44. The van der Waals surface area contributed by atoms with E-state index in [1.165, 1.54) is 41.9 Å². The monoisotopic (exact) mass is 348 g/mol. The van der Waals surface area contributed by atoms with Crippen LogP contribution in [0.3, 0.4) is 0 Å². The van der Waals surface area contributed by atoms with E-state index >= 15 is 0 Å². The van der Waals surface area contributed by atoms with Gasteiger partial charge in [0.05, 0.1) is 4.88 Å². The number of hydrogen-bond acceptors (Lipinski definition) is 1. The molecule has 0 amide bonds. The summed E-state index contributed by atoms with van der Waals surface area (Å²) in [5, 5.41) is 0. The Morgan fingerprint density at radius 1 is 0.913 bits per heavy atom. The molecule has 0 radical (unpaired) electrons. The Morgan fingerprint density at radius 2 is 1.52 bits per heavy atom. The fraction of sp³-hybridized carbons (Fsp3) is 0.714. The quantitative estimate of drug-likeness (QED) is 0.260. The second kappa shape index (κ2) is 9.70. The van der Waals surface area contributed by atoms with Crippen LogP contribution in [0, 0.1) is 11.5 Å². The summed E-state index contributed by atoms with van der Waals surface area (Å²) in [6.45, 7) is 16.6. The van der Waals surface area contributed by atoms with Crippen molar-refractivity contribution in [2.24, 2.45) is 0 Å². The Labute approximate surface area is 150 Å². The van der Waals surface area contributed by atoms with E-state index < -0.39 is 8.07 Å². The molecule has 0 aliphatic rings. The zero-order valence-corrected chi connectivity index (χ0v) is 18.1. The highest BCUT2D eigenvalue weighted by atomic mass is 32.1. The molecule has 0 saturated carbocycles. The van der Waals surface area contributed by atoms with E-state index in [2.05, 4.69) is 72.1 Å². The maximum absolute atomic E-state index is 3.84. The Morgan fingerprint density at radius 3 is 2.04 bits per heavy atom. The van der Waals surface area contributed by atoms with Crippen molar-refractivity contribution < 1.29 is 0 Å². The average molecular weight is 349 g/mol. The van der Waals surface area contributed by atoms with Crippen LogP contribution in [0.2, 0.25) is 16.6 Å². The predicted molar refractivity (Wildman–Crippen MR) is 110 cm³/mol. The highest BCUT2D eigenvalue weighted by molar-refractivity contribution is 7.12. The highest BCUT2D eigenvalue weighted by Crippen LogP contribution is 2.40. The van der Waals surface area contributed by atoms with Gasteiger partial charge in [0.2, 0.25) is 0 Å². The zero-order chi connectivity index (χ0) is 17.5. The van der Waals surface area contributed by atoms with Gasteiger partial charge in [-0.05, 0) is 41.6 Å². The summed E-state index contributed by atoms with van der Waals surface area (Å²) in [5.74, 6) is 3.58. The summed E-state index contributed by atoms with van der Waals surface area (Å²) in [6.07, 6.45) is 6.59. The van der Waals surface area contributed by atoms with E-state index in [-0.39, 0.29) is 0 Å². The van der Waals surface area contributed by atoms with Gasteiger partial charge in [-0.1, -0.05) is 73.6 Å². The molecule has 130 valence electrons. The van der Waals surface area contributed by atoms with Crippen LogP contribution < -0.4 is 0 Å². The lowest BCUT2D eigenvalue weighted by Crippen LogP contribution is -2.43. The fourth-order valence-corrected chi connectivity index (χ4v) is 10.1. The molecule has 0 nitrogen and oxygen atoms in total. The number of aryl methyl sites for hydroxylation is 1. The molecule has 0 spiro atoms. The summed E-state index contributed by atoms with van der Waals surface area (Å²) < 4.78 is 0. The maximum atomic E-state index is 3.84. The van der Waals surface area contributed by atoms with Crippen molar-refractivity contribution in [2.75, 3.05) is 0 Å². The number of thiophene rings is 1. The fourth-order valence-electron chi connectivity index (χ4n) is 3.91. The molecular weight excluding hydrogens is 312 g/mol. The van der Waals surface area contributed by atoms with Crippen molar-refractivity contribution in [1.29, 1.82) is 0 Å². The van der Waals surface area contributed by atoms with Gasteiger partial charge in [0, 0.05) is 4.88 Å². The highest BCUT2D eigenvalue weighted by Gasteiger charge is 2.41. The number of rotatable bonds is 8. The third-order valence-electron chi connectivity index (χ3n) is 5.21. The first-order chi connectivity index (χ1) is 10.8. The van der Waals surface area contributed by atoms with E-state index in [0.29, 0.717) is 16.6 Å². The van der Waals surface area contributed by atoms with Gasteiger partial charge in [-0.15, -0.1) is 16.9 Å². The van der Waals surface area contributed by atoms with E-state index in [4.69, 9.17) is 0 Å². The van der Waals surface area contributed by atoms with E-state index in [1.54, 1.807) is 0 Å². The summed E-state index contributed by atoms with van der Waals surface area (Å²) in [6, 6.07) is 4.54. The van der Waals surface area contributed by atoms with Gasteiger partial charge >= 0.3 is 0 Å². The first-order valence-corrected chi connectivity index (χ1v) is 12.5. The Kier molecular flexibility index (Phi) is 8.65. The molecule has 0 fully saturated rings. The van der Waals surface area contributed by atoms with Crippen molar-refractivity contribution in [3.8, 4) is 11.5 Å². The molecule has 1 aromatic rings. The van der Waals surface area contributed by atoms with Gasteiger partial charge in [0.1, 0.15) is 8.07 Å². The van der Waals surface area contributed by atoms with Gasteiger partial charge in [-0.2, -0.15) is 0 Å². The third kappa shape index (κ3) is 5.50. The summed E-state index contributed by atoms with van der Waals surface area (Å²) in [4.78, 5) is 2.78. The second-order valence-electron chi connectivity index (χ2n) is 7.72. The molecule has 0 N–H and O–H groups in total. The molecule has 0 aromatic carbocycles. The van der Waals surface area contributed by atoms with Crippen molar-refractivity contribution in [1.82, 2.24) is 0 Å². The lowest BCUT2D eigenvalue weighted by atomic mass is 10.1. The molecule has 0 unspecified atom stereocenters. The van der Waals surface area contributed by atoms with Crippen LogP contribution in [0.4, 0.5) is 0 Å². The maximum Gasteiger partial charge on any atom is 0.146 e. The minimum Gasteiger partial charge on any atom is -0.132 e. The molecule has 0 aliphatic carbocycles. The molecule has 23 heavy (non-hydrogen) atoms. The molecule has 0 atom stereocenters. The van der Waals surface area contributed by atoms with Gasteiger partial charge in [0.25, 0.3) is 0 Å². The standard InChI is InChI=1S/C21H36SSi/c1-8-9-10-11-12-20-13-14-21(22-20)15-16-23(17(2)3,18(4)5)19(6)7/h13-14,17-19H,8-12H2,1-7H3. The minimum atomic E-state index is -1.59. The average Bonchev–Trinajstić information content (AvgIpc) is 2.91. The molecule has 1 heterocycles. The zero-order valence-electron chi connectivity index (χ0n) is 16.3. The molecule has 2 heteroatoms. The Bertz CT molecular complexity index is 492. The van der Waals surface area contributed by atoms with E-state index in [1.807, 2.05) is 11.3 Å². The summed E-state index contributed by atoms with van der Waals surface area (Å²) >= 11 is 1.92. The van der Waals surface area contributed by atoms with Crippen LogP contribution in [0.1, 0.15) is 83.9 Å². The summed E-state index contributed by atoms with van der Waals surface area (Å²) in [7, 11) is -1.59. The van der Waals surface area contributed by atoms with Crippen LogP contribution in [0.5, 0.6) is 0 Å². The lowest BCUT2D eigenvalue weighted by Gasteiger charge is -2.38. The van der Waals surface area contributed by atoms with Gasteiger partial charge in [0.15, 0.2) is 0 Å². The minimum absolute atomic E-state index is 0.712. The molecule has 1 aromatic heterocycles. The smallest absolute Gasteiger partial charge is 0.132 e. The second-order valence-corrected chi connectivity index (χ2v) is 14.5. The first-order valence-electron chi connectivity index (χ1n) is 9.46. The topological polar surface area (TPSA) is 0 Å². The molecule has 0 bridgehead atoms. The lowest BCUT2D eigenvalue weighted by molar-refractivity contribution is 0.670. The van der Waals surface area contributed by atoms with Crippen LogP contribution in [0.25, 0.3) is 0 Å². The Balaban J connectivity index is 2.86. The van der Waals surface area contributed by atoms with Crippen LogP contribution in [-0.2, 0) is 6.42 Å². The number of unbranched alkanes of at least 4 members (excludes halogenated alkanes) is 3. The van der Waals surface area contributed by atoms with Crippen LogP contribution in [-0.4, -0.2) is 8.07 Å².